The Balaban J connectivity index is 1.10. The number of rotatable bonds is 8. The monoisotopic (exact) mass is 659 g/mol. The summed E-state index contributed by atoms with van der Waals surface area (Å²) in [6, 6.07) is 14.9. The van der Waals surface area contributed by atoms with Crippen LogP contribution in [0.15, 0.2) is 60.8 Å². The molecule has 2 amide bonds. The van der Waals surface area contributed by atoms with E-state index >= 15 is 0 Å². The SMILES string of the molecule is Cc1cc(C2CC2)cnc1N1CCN(C(=O)c2ccc(N3C(=O)OCC3COC(=O)c3ccccc3)cc2N2CCCS2(=O)=O)CC1. The van der Waals surface area contributed by atoms with E-state index in [-0.39, 0.29) is 42.7 Å². The molecule has 13 heteroatoms. The minimum atomic E-state index is -3.66. The summed E-state index contributed by atoms with van der Waals surface area (Å²) in [6.45, 7) is 4.26. The minimum absolute atomic E-state index is 0.0130. The maximum Gasteiger partial charge on any atom is 0.414 e. The number of sulfonamides is 1. The van der Waals surface area contributed by atoms with Gasteiger partial charge >= 0.3 is 12.1 Å². The average molecular weight is 660 g/mol. The Morgan fingerprint density at radius 2 is 1.77 bits per heavy atom. The number of amides is 2. The highest BCUT2D eigenvalue weighted by molar-refractivity contribution is 7.93. The molecular formula is C34H37N5O7S. The van der Waals surface area contributed by atoms with Crippen molar-refractivity contribution in [2.75, 3.05) is 65.8 Å². The highest BCUT2D eigenvalue weighted by atomic mass is 32.2. The second-order valence-electron chi connectivity index (χ2n) is 12.5. The lowest BCUT2D eigenvalue weighted by atomic mass is 10.1. The van der Waals surface area contributed by atoms with Gasteiger partial charge in [0.05, 0.1) is 22.6 Å². The van der Waals surface area contributed by atoms with Crippen LogP contribution < -0.4 is 14.1 Å². The van der Waals surface area contributed by atoms with Crippen LogP contribution in [0.2, 0.25) is 0 Å². The Morgan fingerprint density at radius 1 is 1.00 bits per heavy atom. The van der Waals surface area contributed by atoms with Gasteiger partial charge in [0.1, 0.15) is 25.1 Å². The normalized spacial score (nSPS) is 20.8. The number of piperazine rings is 1. The van der Waals surface area contributed by atoms with Crippen LogP contribution in [0.4, 0.5) is 22.0 Å². The second kappa shape index (κ2) is 12.5. The Hall–Kier alpha value is -4.65. The van der Waals surface area contributed by atoms with Crippen LogP contribution in [0.5, 0.6) is 0 Å². The van der Waals surface area contributed by atoms with E-state index in [0.717, 1.165) is 11.4 Å². The minimum Gasteiger partial charge on any atom is -0.460 e. The van der Waals surface area contributed by atoms with Gasteiger partial charge in [-0.05, 0) is 73.6 Å². The first kappa shape index (κ1) is 31.0. The second-order valence-corrected chi connectivity index (χ2v) is 14.5. The number of esters is 1. The number of aromatic nitrogens is 1. The van der Waals surface area contributed by atoms with Gasteiger partial charge in [-0.2, -0.15) is 0 Å². The van der Waals surface area contributed by atoms with Crippen molar-refractivity contribution in [3.05, 3.63) is 83.0 Å². The van der Waals surface area contributed by atoms with E-state index < -0.39 is 28.1 Å². The fourth-order valence-corrected chi connectivity index (χ4v) is 8.12. The Kier molecular flexibility index (Phi) is 8.25. The van der Waals surface area contributed by atoms with Crippen LogP contribution in [0.25, 0.3) is 0 Å². The molecule has 1 saturated carbocycles. The molecule has 0 N–H and O–H groups in total. The summed E-state index contributed by atoms with van der Waals surface area (Å²) in [4.78, 5) is 49.5. The van der Waals surface area contributed by atoms with Gasteiger partial charge in [0.15, 0.2) is 0 Å². The number of carbonyl (C=O) groups is 3. The van der Waals surface area contributed by atoms with E-state index in [9.17, 15) is 22.8 Å². The number of benzene rings is 2. The van der Waals surface area contributed by atoms with Crippen molar-refractivity contribution < 1.29 is 32.3 Å². The van der Waals surface area contributed by atoms with Crippen molar-refractivity contribution >= 4 is 45.2 Å². The van der Waals surface area contributed by atoms with Crippen molar-refractivity contribution in [2.24, 2.45) is 0 Å². The van der Waals surface area contributed by atoms with Gasteiger partial charge in [-0.3, -0.25) is 14.0 Å². The molecule has 4 heterocycles. The Labute approximate surface area is 273 Å². The van der Waals surface area contributed by atoms with Crippen molar-refractivity contribution in [3.8, 4) is 0 Å². The average Bonchev–Trinajstić information content (AvgIpc) is 3.78. The summed E-state index contributed by atoms with van der Waals surface area (Å²) in [5, 5.41) is 0. The maximum atomic E-state index is 14.0. The van der Waals surface area contributed by atoms with Crippen molar-refractivity contribution in [3.63, 3.8) is 0 Å². The third kappa shape index (κ3) is 6.23. The highest BCUT2D eigenvalue weighted by Gasteiger charge is 2.38. The first-order chi connectivity index (χ1) is 22.7. The predicted molar refractivity (Wildman–Crippen MR) is 176 cm³/mol. The van der Waals surface area contributed by atoms with Crippen LogP contribution in [-0.4, -0.2) is 94.0 Å². The third-order valence-electron chi connectivity index (χ3n) is 9.22. The number of ether oxygens (including phenoxy) is 2. The summed E-state index contributed by atoms with van der Waals surface area (Å²) in [7, 11) is -3.66. The number of aryl methyl sites for hydroxylation is 1. The van der Waals surface area contributed by atoms with Gasteiger partial charge < -0.3 is 19.3 Å². The number of cyclic esters (lactones) is 1. The summed E-state index contributed by atoms with van der Waals surface area (Å²) >= 11 is 0. The molecular weight excluding hydrogens is 622 g/mol. The molecule has 0 radical (unpaired) electrons. The van der Waals surface area contributed by atoms with Crippen LogP contribution >= 0.6 is 0 Å². The van der Waals surface area contributed by atoms with Crippen LogP contribution in [0, 0.1) is 6.92 Å². The zero-order valence-electron chi connectivity index (χ0n) is 26.2. The highest BCUT2D eigenvalue weighted by Crippen LogP contribution is 2.41. The third-order valence-corrected chi connectivity index (χ3v) is 11.1. The molecule has 0 bridgehead atoms. The molecule has 3 saturated heterocycles. The number of hydrogen-bond donors (Lipinski definition) is 0. The van der Waals surface area contributed by atoms with Crippen LogP contribution in [-0.2, 0) is 19.5 Å². The summed E-state index contributed by atoms with van der Waals surface area (Å²) in [6.07, 6.45) is 4.18. The van der Waals surface area contributed by atoms with Gasteiger partial charge in [0.25, 0.3) is 5.91 Å². The molecule has 3 aliphatic heterocycles. The molecule has 1 aromatic heterocycles. The molecule has 7 rings (SSSR count). The fourth-order valence-electron chi connectivity index (χ4n) is 6.55. The Morgan fingerprint density at radius 3 is 2.45 bits per heavy atom. The van der Waals surface area contributed by atoms with Gasteiger partial charge in [-0.25, -0.2) is 23.0 Å². The fraction of sp³-hybridized carbons (Fsp3) is 0.412. The van der Waals surface area contributed by atoms with Crippen molar-refractivity contribution in [1.82, 2.24) is 9.88 Å². The lowest BCUT2D eigenvalue weighted by Gasteiger charge is -2.36. The zero-order chi connectivity index (χ0) is 32.7. The van der Waals surface area contributed by atoms with E-state index in [1.807, 2.05) is 6.20 Å². The molecule has 246 valence electrons. The molecule has 4 aliphatic rings. The number of nitrogens with zero attached hydrogens (tertiary/aromatic N) is 5. The first-order valence-corrected chi connectivity index (χ1v) is 17.6. The zero-order valence-corrected chi connectivity index (χ0v) is 27.0. The lowest BCUT2D eigenvalue weighted by molar-refractivity contribution is 0.0475. The molecule has 0 spiro atoms. The van der Waals surface area contributed by atoms with Gasteiger partial charge in [-0.1, -0.05) is 24.3 Å². The summed E-state index contributed by atoms with van der Waals surface area (Å²) in [5.74, 6) is 0.717. The maximum absolute atomic E-state index is 14.0. The molecule has 4 fully saturated rings. The van der Waals surface area contributed by atoms with E-state index in [1.54, 1.807) is 53.4 Å². The first-order valence-electron chi connectivity index (χ1n) is 16.0. The van der Waals surface area contributed by atoms with Crippen molar-refractivity contribution in [1.29, 1.82) is 0 Å². The quantitative estimate of drug-likeness (QED) is 0.330. The number of carbonyl (C=O) groups excluding carboxylic acids is 3. The lowest BCUT2D eigenvalue weighted by Crippen LogP contribution is -2.49. The van der Waals surface area contributed by atoms with E-state index in [2.05, 4.69) is 17.9 Å². The van der Waals surface area contributed by atoms with E-state index in [0.29, 0.717) is 49.8 Å². The number of anilines is 3. The van der Waals surface area contributed by atoms with E-state index in [1.165, 1.54) is 27.6 Å². The molecule has 1 unspecified atom stereocenters. The Bertz CT molecular complexity index is 1810. The van der Waals surface area contributed by atoms with Crippen molar-refractivity contribution in [2.45, 2.75) is 38.1 Å². The van der Waals surface area contributed by atoms with Gasteiger partial charge in [0.2, 0.25) is 10.0 Å². The molecule has 1 aliphatic carbocycles. The number of hydrogen-bond acceptors (Lipinski definition) is 9. The molecule has 12 nitrogen and oxygen atoms in total. The van der Waals surface area contributed by atoms with Crippen LogP contribution in [0.3, 0.4) is 0 Å². The number of pyridine rings is 1. The van der Waals surface area contributed by atoms with Gasteiger partial charge in [0, 0.05) is 44.6 Å². The smallest absolute Gasteiger partial charge is 0.414 e. The molecule has 3 aromatic rings. The topological polar surface area (TPSA) is 130 Å². The van der Waals surface area contributed by atoms with Crippen LogP contribution in [0.1, 0.15) is 57.0 Å². The molecule has 47 heavy (non-hydrogen) atoms. The van der Waals surface area contributed by atoms with E-state index in [4.69, 9.17) is 14.5 Å². The predicted octanol–water partition coefficient (Wildman–Crippen LogP) is 3.95. The standard InChI is InChI=1S/C34H37N5O7S/c1-23-18-26(24-8-9-24)20-35-31(23)36-13-15-37(16-14-36)32(40)29-11-10-27(19-30(29)38-12-5-17-47(38,43)44)39-28(22-46-34(39)42)21-45-33(41)25-6-3-2-4-7-25/h2-4,6-7,10-11,18-20,24,28H,5,8-9,12-17,21-22H2,1H3. The summed E-state index contributed by atoms with van der Waals surface area (Å²) < 4.78 is 38.3. The molecule has 2 aromatic carbocycles. The summed E-state index contributed by atoms with van der Waals surface area (Å²) in [5.41, 5.74) is 3.61. The largest absolute Gasteiger partial charge is 0.460 e. The molecule has 1 atom stereocenters. The van der Waals surface area contributed by atoms with Gasteiger partial charge in [-0.15, -0.1) is 0 Å².